The van der Waals surface area contributed by atoms with Crippen LogP contribution < -0.4 is 5.32 Å². The predicted octanol–water partition coefficient (Wildman–Crippen LogP) is 18.2. The van der Waals surface area contributed by atoms with Gasteiger partial charge in [0.15, 0.2) is 28.9 Å². The first kappa shape index (κ1) is 61.9. The number of benzene rings is 1. The van der Waals surface area contributed by atoms with Crippen LogP contribution in [-0.2, 0) is 4.79 Å². The van der Waals surface area contributed by atoms with Crippen molar-refractivity contribution in [2.75, 3.05) is 5.32 Å². The number of ketones is 5. The van der Waals surface area contributed by atoms with Gasteiger partial charge >= 0.3 is 5.97 Å². The summed E-state index contributed by atoms with van der Waals surface area (Å²) in [4.78, 5) is 88.0. The Morgan fingerprint density at radius 2 is 0.493 bits per heavy atom. The monoisotopic (exact) mass is 936 g/mol. The summed E-state index contributed by atoms with van der Waals surface area (Å²) in [6, 6.07) is -1.25. The van der Waals surface area contributed by atoms with Crippen molar-refractivity contribution in [1.29, 1.82) is 0 Å². The third kappa shape index (κ3) is 26.4. The molecule has 8 nitrogen and oxygen atoms in total. The summed E-state index contributed by atoms with van der Waals surface area (Å²) in [6.07, 6.45) is 34.7. The minimum atomic E-state index is -1.25. The van der Waals surface area contributed by atoms with Crippen LogP contribution in [0.1, 0.15) is 350 Å². The Kier molecular flexibility index (Phi) is 37.6. The molecule has 1 rings (SSSR count). The Morgan fingerprint density at radius 3 is 0.701 bits per heavy atom. The molecule has 0 heterocycles. The van der Waals surface area contributed by atoms with Crippen LogP contribution in [0.5, 0.6) is 0 Å². The first-order chi connectivity index (χ1) is 32.5. The number of anilines is 1. The molecule has 0 bridgehead atoms. The number of carboxylic acids is 1. The number of carboxylic acid groups (broad SMARTS) is 1. The molecule has 2 N–H and O–H groups in total. The van der Waals surface area contributed by atoms with Crippen molar-refractivity contribution >= 4 is 40.6 Å². The van der Waals surface area contributed by atoms with Crippen LogP contribution >= 0.6 is 0 Å². The number of nitrogens with one attached hydrogen (secondary N) is 1. The number of hydrogen-bond acceptors (Lipinski definition) is 7. The van der Waals surface area contributed by atoms with E-state index in [1.54, 1.807) is 0 Å². The van der Waals surface area contributed by atoms with E-state index >= 15 is 24.0 Å². The zero-order valence-electron chi connectivity index (χ0n) is 44.3. The largest absolute Gasteiger partial charge is 0.480 e. The maximum absolute atomic E-state index is 15.1. The fraction of sp³-hybridized carbons (Fsp3) is 0.797. The van der Waals surface area contributed by atoms with Crippen LogP contribution in [0.15, 0.2) is 0 Å². The van der Waals surface area contributed by atoms with E-state index in [-0.39, 0.29) is 94.5 Å². The van der Waals surface area contributed by atoms with E-state index < -0.39 is 12.0 Å². The number of aliphatic carboxylic acids is 1. The highest BCUT2D eigenvalue weighted by molar-refractivity contribution is 6.27. The number of carbonyl (C=O) groups excluding carboxylic acids is 5. The molecule has 0 aliphatic carbocycles. The lowest BCUT2D eigenvalue weighted by Crippen LogP contribution is -2.31. The minimum Gasteiger partial charge on any atom is -0.480 e. The number of rotatable bonds is 48. The van der Waals surface area contributed by atoms with E-state index in [4.69, 9.17) is 0 Å². The molecule has 1 aromatic carbocycles. The van der Waals surface area contributed by atoms with Gasteiger partial charge in [0.05, 0.1) is 16.8 Å². The second-order valence-electron chi connectivity index (χ2n) is 19.9. The maximum atomic E-state index is 15.1. The van der Waals surface area contributed by atoms with E-state index in [9.17, 15) is 9.90 Å². The Morgan fingerprint density at radius 1 is 0.313 bits per heavy atom. The molecular weight excluding hydrogens is 835 g/mol. The molecule has 0 saturated heterocycles. The third-order valence-corrected chi connectivity index (χ3v) is 13.7. The van der Waals surface area contributed by atoms with Gasteiger partial charge in [0.25, 0.3) is 0 Å². The number of Topliss-reactive ketones (excluding diaryl/α,β-unsaturated/α-hetero) is 5. The molecule has 0 spiro atoms. The molecule has 0 aliphatic rings. The molecule has 8 heteroatoms. The van der Waals surface area contributed by atoms with Crippen LogP contribution in [-0.4, -0.2) is 46.0 Å². The summed E-state index contributed by atoms with van der Waals surface area (Å²) >= 11 is 0. The Balaban J connectivity index is 4.22. The van der Waals surface area contributed by atoms with Crippen molar-refractivity contribution in [3.63, 3.8) is 0 Å². The van der Waals surface area contributed by atoms with Gasteiger partial charge in [0.1, 0.15) is 6.04 Å². The topological polar surface area (TPSA) is 135 Å². The molecule has 1 aromatic rings. The maximum Gasteiger partial charge on any atom is 0.325 e. The van der Waals surface area contributed by atoms with E-state index in [0.29, 0.717) is 32.1 Å². The zero-order chi connectivity index (χ0) is 49.5. The van der Waals surface area contributed by atoms with Gasteiger partial charge < -0.3 is 10.4 Å². The van der Waals surface area contributed by atoms with E-state index in [2.05, 4.69) is 39.9 Å². The molecule has 1 atom stereocenters. The van der Waals surface area contributed by atoms with Crippen molar-refractivity contribution in [3.05, 3.63) is 27.8 Å². The Bertz CT molecular complexity index is 1460. The highest BCUT2D eigenvalue weighted by atomic mass is 16.4. The summed E-state index contributed by atoms with van der Waals surface area (Å²) in [7, 11) is 0. The molecule has 1 unspecified atom stereocenters. The van der Waals surface area contributed by atoms with Crippen LogP contribution in [0.3, 0.4) is 0 Å². The van der Waals surface area contributed by atoms with Gasteiger partial charge in [0, 0.05) is 48.8 Å². The van der Waals surface area contributed by atoms with Crippen molar-refractivity contribution in [2.45, 2.75) is 304 Å². The zero-order valence-corrected chi connectivity index (χ0v) is 44.3. The second-order valence-corrected chi connectivity index (χ2v) is 19.9. The lowest BCUT2D eigenvalue weighted by molar-refractivity contribution is -0.137. The van der Waals surface area contributed by atoms with Crippen LogP contribution in [0.4, 0.5) is 5.69 Å². The molecule has 67 heavy (non-hydrogen) atoms. The van der Waals surface area contributed by atoms with Crippen molar-refractivity contribution < 1.29 is 33.9 Å². The minimum absolute atomic E-state index is 0.0332. The average molecular weight is 936 g/mol. The quantitative estimate of drug-likeness (QED) is 0.0487. The summed E-state index contributed by atoms with van der Waals surface area (Å²) in [5.41, 5.74) is -0.291. The molecular formula is C59H101NO7. The smallest absolute Gasteiger partial charge is 0.325 e. The van der Waals surface area contributed by atoms with Crippen molar-refractivity contribution in [2.24, 2.45) is 0 Å². The van der Waals surface area contributed by atoms with Crippen LogP contribution in [0, 0.1) is 0 Å². The van der Waals surface area contributed by atoms with E-state index in [1.165, 1.54) is 13.3 Å². The van der Waals surface area contributed by atoms with Gasteiger partial charge in [-0.25, -0.2) is 0 Å². The first-order valence-corrected chi connectivity index (χ1v) is 28.4. The first-order valence-electron chi connectivity index (χ1n) is 28.4. The van der Waals surface area contributed by atoms with Crippen molar-refractivity contribution in [1.82, 2.24) is 0 Å². The van der Waals surface area contributed by atoms with Gasteiger partial charge in [-0.2, -0.15) is 0 Å². The normalized spacial score (nSPS) is 11.8. The fourth-order valence-corrected chi connectivity index (χ4v) is 9.41. The summed E-state index contributed by atoms with van der Waals surface area (Å²) < 4.78 is 0. The van der Waals surface area contributed by atoms with E-state index in [0.717, 1.165) is 186 Å². The lowest BCUT2D eigenvalue weighted by Gasteiger charge is -2.26. The average Bonchev–Trinajstić information content (AvgIpc) is 3.31. The van der Waals surface area contributed by atoms with Gasteiger partial charge in [-0.3, -0.25) is 28.8 Å². The predicted molar refractivity (Wildman–Crippen MR) is 282 cm³/mol. The standard InChI is InChI=1S/C59H101NO7/c1-7-12-17-22-27-32-37-42-48(61)53-54(49(62)43-38-33-28-23-18-13-8-2)56(51(64)45-40-35-30-25-20-15-10-4)58(60-47(6)59(66)67)57(52(65)46-41-36-31-26-21-16-11-5)55(53)50(63)44-39-34-29-24-19-14-9-3/h47,60H,7-46H2,1-6H3,(H,66,67). The van der Waals surface area contributed by atoms with Gasteiger partial charge in [-0.1, -0.05) is 227 Å². The number of carbonyl (C=O) groups is 6. The molecule has 0 aromatic heterocycles. The van der Waals surface area contributed by atoms with Gasteiger partial charge in [-0.05, 0) is 39.0 Å². The molecule has 0 radical (unpaired) electrons. The summed E-state index contributed by atoms with van der Waals surface area (Å²) in [5.74, 6) is -3.06. The molecule has 0 fully saturated rings. The van der Waals surface area contributed by atoms with E-state index in [1.807, 2.05) is 0 Å². The lowest BCUT2D eigenvalue weighted by atomic mass is 9.78. The van der Waals surface area contributed by atoms with Crippen LogP contribution in [0.2, 0.25) is 0 Å². The fourth-order valence-electron chi connectivity index (χ4n) is 9.41. The van der Waals surface area contributed by atoms with Gasteiger partial charge in [-0.15, -0.1) is 0 Å². The molecule has 0 aliphatic heterocycles. The third-order valence-electron chi connectivity index (χ3n) is 13.7. The number of unbranched alkanes of at least 4 members (excludes halogenated alkanes) is 30. The van der Waals surface area contributed by atoms with Crippen molar-refractivity contribution in [3.8, 4) is 0 Å². The molecule has 0 saturated carbocycles. The van der Waals surface area contributed by atoms with Crippen LogP contribution in [0.25, 0.3) is 0 Å². The summed E-state index contributed by atoms with van der Waals surface area (Å²) in [6.45, 7) is 12.4. The molecule has 0 amide bonds. The Hall–Kier alpha value is -3.16. The number of hydrogen-bond donors (Lipinski definition) is 2. The Labute approximate surface area is 410 Å². The highest BCUT2D eigenvalue weighted by Gasteiger charge is 2.37. The highest BCUT2D eigenvalue weighted by Crippen LogP contribution is 2.39. The second kappa shape index (κ2) is 40.7. The SMILES string of the molecule is CCCCCCCCCC(=O)c1c(NC(C)C(=O)O)c(C(=O)CCCCCCCCC)c(C(=O)CCCCCCCCC)c(C(=O)CCCCCCCCC)c1C(=O)CCCCCCCCC. The van der Waals surface area contributed by atoms with Gasteiger partial charge in [0.2, 0.25) is 0 Å². The summed E-state index contributed by atoms with van der Waals surface area (Å²) in [5, 5.41) is 13.4. The molecule has 384 valence electrons.